The molecule has 2 rings (SSSR count). The van der Waals surface area contributed by atoms with Gasteiger partial charge in [0.15, 0.2) is 0 Å². The second-order valence-corrected chi connectivity index (χ2v) is 7.14. The lowest BCUT2D eigenvalue weighted by Crippen LogP contribution is -2.27. The van der Waals surface area contributed by atoms with Crippen LogP contribution in [0, 0.1) is 6.92 Å². The second kappa shape index (κ2) is 5.68. The van der Waals surface area contributed by atoms with Crippen molar-refractivity contribution in [1.82, 2.24) is 0 Å². The summed E-state index contributed by atoms with van der Waals surface area (Å²) in [7, 11) is 0. The summed E-state index contributed by atoms with van der Waals surface area (Å²) in [6.07, 6.45) is 3.89. The zero-order chi connectivity index (χ0) is 15.7. The molecule has 1 fully saturated rings. The minimum absolute atomic E-state index is 0.0847. The van der Waals surface area contributed by atoms with E-state index in [9.17, 15) is 4.79 Å². The minimum Gasteiger partial charge on any atom is -0.444 e. The molecule has 0 spiro atoms. The monoisotopic (exact) mass is 290 g/mol. The normalized spacial score (nSPS) is 16.4. The third-order valence-corrected chi connectivity index (χ3v) is 3.73. The zero-order valence-electron chi connectivity index (χ0n) is 13.5. The summed E-state index contributed by atoms with van der Waals surface area (Å²) in [5.74, 6) is 0. The number of anilines is 1. The molecular weight excluding hydrogens is 264 g/mol. The number of ether oxygens (including phenoxy) is 1. The molecule has 1 saturated carbocycles. The van der Waals surface area contributed by atoms with Gasteiger partial charge in [-0.3, -0.25) is 5.32 Å². The van der Waals surface area contributed by atoms with Crippen LogP contribution in [0.3, 0.4) is 0 Å². The average Bonchev–Trinajstić information content (AvgIpc) is 3.06. The summed E-state index contributed by atoms with van der Waals surface area (Å²) in [6, 6.07) is 6.09. The molecule has 116 valence electrons. The highest BCUT2D eigenvalue weighted by Crippen LogP contribution is 2.36. The molecule has 0 heterocycles. The SMILES string of the molecule is Cc1cc(CCC2(N)CC2)ccc1NC(=O)OC(C)(C)C. The lowest BCUT2D eigenvalue weighted by molar-refractivity contribution is 0.0636. The molecule has 0 unspecified atom stereocenters. The van der Waals surface area contributed by atoms with Gasteiger partial charge in [0.2, 0.25) is 0 Å². The van der Waals surface area contributed by atoms with Crippen molar-refractivity contribution in [3.8, 4) is 0 Å². The molecule has 0 aliphatic heterocycles. The van der Waals surface area contributed by atoms with Crippen LogP contribution in [0.25, 0.3) is 0 Å². The molecule has 4 nitrogen and oxygen atoms in total. The standard InChI is InChI=1S/C17H26N2O2/c1-12-11-13(7-8-17(18)9-10-17)5-6-14(12)19-15(20)21-16(2,3)4/h5-6,11H,7-10,18H2,1-4H3,(H,19,20). The summed E-state index contributed by atoms with van der Waals surface area (Å²) < 4.78 is 5.26. The molecule has 0 atom stereocenters. The summed E-state index contributed by atoms with van der Waals surface area (Å²) in [5.41, 5.74) is 8.81. The molecule has 4 heteroatoms. The van der Waals surface area contributed by atoms with E-state index < -0.39 is 11.7 Å². The molecule has 0 radical (unpaired) electrons. The maximum Gasteiger partial charge on any atom is 0.412 e. The Balaban J connectivity index is 1.93. The lowest BCUT2D eigenvalue weighted by Gasteiger charge is -2.20. The van der Waals surface area contributed by atoms with Gasteiger partial charge in [-0.25, -0.2) is 4.79 Å². The summed E-state index contributed by atoms with van der Waals surface area (Å²) in [4.78, 5) is 11.8. The van der Waals surface area contributed by atoms with Crippen LogP contribution in [-0.4, -0.2) is 17.2 Å². The Morgan fingerprint density at radius 2 is 2.05 bits per heavy atom. The van der Waals surface area contributed by atoms with Gasteiger partial charge in [0.1, 0.15) is 5.60 Å². The number of rotatable bonds is 4. The Bertz CT molecular complexity index is 528. The molecule has 1 amide bonds. The predicted octanol–water partition coefficient (Wildman–Crippen LogP) is 3.77. The molecule has 1 aliphatic carbocycles. The van der Waals surface area contributed by atoms with Crippen LogP contribution in [0.1, 0.15) is 51.2 Å². The smallest absolute Gasteiger partial charge is 0.412 e. The van der Waals surface area contributed by atoms with Crippen molar-refractivity contribution in [2.45, 2.75) is 64.5 Å². The van der Waals surface area contributed by atoms with E-state index in [0.29, 0.717) is 0 Å². The third kappa shape index (κ3) is 5.05. The van der Waals surface area contributed by atoms with Crippen LogP contribution in [0.5, 0.6) is 0 Å². The lowest BCUT2D eigenvalue weighted by atomic mass is 10.0. The number of nitrogens with two attached hydrogens (primary N) is 1. The van der Waals surface area contributed by atoms with Gasteiger partial charge in [-0.15, -0.1) is 0 Å². The van der Waals surface area contributed by atoms with Gasteiger partial charge in [0.05, 0.1) is 0 Å². The van der Waals surface area contributed by atoms with Gasteiger partial charge in [-0.2, -0.15) is 0 Å². The van der Waals surface area contributed by atoms with Crippen LogP contribution >= 0.6 is 0 Å². The third-order valence-electron chi connectivity index (χ3n) is 3.73. The average molecular weight is 290 g/mol. The molecule has 1 aromatic rings. The molecule has 0 bridgehead atoms. The van der Waals surface area contributed by atoms with E-state index in [1.165, 1.54) is 5.56 Å². The minimum atomic E-state index is -0.488. The van der Waals surface area contributed by atoms with Crippen LogP contribution in [0.4, 0.5) is 10.5 Å². The maximum atomic E-state index is 11.8. The molecular formula is C17H26N2O2. The first-order valence-corrected chi connectivity index (χ1v) is 7.55. The maximum absolute atomic E-state index is 11.8. The topological polar surface area (TPSA) is 64.3 Å². The number of hydrogen-bond acceptors (Lipinski definition) is 3. The van der Waals surface area contributed by atoms with Crippen molar-refractivity contribution in [2.24, 2.45) is 5.73 Å². The number of hydrogen-bond donors (Lipinski definition) is 2. The highest BCUT2D eigenvalue weighted by atomic mass is 16.6. The van der Waals surface area contributed by atoms with E-state index in [1.54, 1.807) is 0 Å². The van der Waals surface area contributed by atoms with Gasteiger partial charge in [0.25, 0.3) is 0 Å². The van der Waals surface area contributed by atoms with Crippen molar-refractivity contribution in [1.29, 1.82) is 0 Å². The van der Waals surface area contributed by atoms with Crippen molar-refractivity contribution >= 4 is 11.8 Å². The van der Waals surface area contributed by atoms with Crippen molar-refractivity contribution < 1.29 is 9.53 Å². The molecule has 21 heavy (non-hydrogen) atoms. The van der Waals surface area contributed by atoms with Gasteiger partial charge >= 0.3 is 6.09 Å². The van der Waals surface area contributed by atoms with Crippen LogP contribution in [-0.2, 0) is 11.2 Å². The Morgan fingerprint density at radius 3 is 2.57 bits per heavy atom. The van der Waals surface area contributed by atoms with E-state index >= 15 is 0 Å². The van der Waals surface area contributed by atoms with Crippen molar-refractivity contribution in [2.75, 3.05) is 5.32 Å². The molecule has 1 aromatic carbocycles. The first-order valence-electron chi connectivity index (χ1n) is 7.55. The van der Waals surface area contributed by atoms with Gasteiger partial charge in [-0.05, 0) is 70.6 Å². The van der Waals surface area contributed by atoms with E-state index in [1.807, 2.05) is 39.8 Å². The molecule has 0 saturated heterocycles. The van der Waals surface area contributed by atoms with Crippen molar-refractivity contribution in [3.05, 3.63) is 29.3 Å². The van der Waals surface area contributed by atoms with Crippen molar-refractivity contribution in [3.63, 3.8) is 0 Å². The predicted molar refractivity (Wildman–Crippen MR) is 85.5 cm³/mol. The van der Waals surface area contributed by atoms with Crippen LogP contribution in [0.2, 0.25) is 0 Å². The Morgan fingerprint density at radius 1 is 1.38 bits per heavy atom. The number of nitrogens with one attached hydrogen (secondary N) is 1. The molecule has 1 aliphatic rings. The molecule has 3 N–H and O–H groups in total. The Hall–Kier alpha value is -1.55. The number of carbonyl (C=O) groups excluding carboxylic acids is 1. The number of aryl methyl sites for hydroxylation is 2. The Labute approximate surface area is 127 Å². The van der Waals surface area contributed by atoms with E-state index in [-0.39, 0.29) is 5.54 Å². The number of amides is 1. The van der Waals surface area contributed by atoms with Gasteiger partial charge < -0.3 is 10.5 Å². The Kier molecular flexibility index (Phi) is 4.28. The van der Waals surface area contributed by atoms with E-state index in [2.05, 4.69) is 11.4 Å². The number of carbonyl (C=O) groups is 1. The highest BCUT2D eigenvalue weighted by Gasteiger charge is 2.37. The fraction of sp³-hybridized carbons (Fsp3) is 0.588. The van der Waals surface area contributed by atoms with E-state index in [0.717, 1.165) is 36.9 Å². The fourth-order valence-corrected chi connectivity index (χ4v) is 2.24. The summed E-state index contributed by atoms with van der Waals surface area (Å²) in [6.45, 7) is 7.54. The quantitative estimate of drug-likeness (QED) is 0.887. The fourth-order valence-electron chi connectivity index (χ4n) is 2.24. The van der Waals surface area contributed by atoms with Crippen LogP contribution in [0.15, 0.2) is 18.2 Å². The largest absolute Gasteiger partial charge is 0.444 e. The summed E-state index contributed by atoms with van der Waals surface area (Å²) >= 11 is 0. The summed E-state index contributed by atoms with van der Waals surface area (Å²) in [5, 5.41) is 2.79. The first kappa shape index (κ1) is 15.8. The van der Waals surface area contributed by atoms with Crippen LogP contribution < -0.4 is 11.1 Å². The van der Waals surface area contributed by atoms with Gasteiger partial charge in [0, 0.05) is 11.2 Å². The second-order valence-electron chi connectivity index (χ2n) is 7.14. The van der Waals surface area contributed by atoms with Gasteiger partial charge in [-0.1, -0.05) is 12.1 Å². The highest BCUT2D eigenvalue weighted by molar-refractivity contribution is 5.85. The number of benzene rings is 1. The molecule has 0 aromatic heterocycles. The van der Waals surface area contributed by atoms with E-state index in [4.69, 9.17) is 10.5 Å². The first-order chi connectivity index (χ1) is 9.67. The zero-order valence-corrected chi connectivity index (χ0v) is 13.5.